The minimum absolute atomic E-state index is 0.159. The summed E-state index contributed by atoms with van der Waals surface area (Å²) < 4.78 is 5.53. The van der Waals surface area contributed by atoms with Crippen molar-refractivity contribution in [2.24, 2.45) is 5.73 Å². The van der Waals surface area contributed by atoms with Crippen LogP contribution < -0.4 is 10.6 Å². The number of ether oxygens (including phenoxy) is 1. The fraction of sp³-hybridized carbons (Fsp3) is 0.545. The molecule has 0 radical (unpaired) electrons. The third kappa shape index (κ3) is 2.46. The van der Waals surface area contributed by atoms with E-state index in [1.54, 1.807) is 0 Å². The fourth-order valence-electron chi connectivity index (χ4n) is 1.82. The minimum Gasteiger partial charge on any atom is -0.373 e. The first-order chi connectivity index (χ1) is 7.29. The van der Waals surface area contributed by atoms with E-state index in [-0.39, 0.29) is 6.10 Å². The summed E-state index contributed by atoms with van der Waals surface area (Å²) >= 11 is 0. The number of rotatable bonds is 2. The highest BCUT2D eigenvalue weighted by molar-refractivity contribution is 5.46. The highest BCUT2D eigenvalue weighted by Crippen LogP contribution is 2.17. The molecule has 1 saturated heterocycles. The number of nitrogens with two attached hydrogens (primary N) is 1. The van der Waals surface area contributed by atoms with Crippen molar-refractivity contribution in [1.82, 2.24) is 4.98 Å². The predicted octanol–water partition coefficient (Wildman–Crippen LogP) is 0.554. The van der Waals surface area contributed by atoms with E-state index in [9.17, 15) is 0 Å². The first-order valence-corrected chi connectivity index (χ1v) is 5.29. The Labute approximate surface area is 90.0 Å². The number of pyridine rings is 1. The Balaban J connectivity index is 2.09. The molecule has 1 atom stereocenters. The van der Waals surface area contributed by atoms with Crippen molar-refractivity contribution in [1.29, 1.82) is 0 Å². The van der Waals surface area contributed by atoms with Crippen LogP contribution in [0, 0.1) is 6.92 Å². The van der Waals surface area contributed by atoms with Crippen molar-refractivity contribution in [2.45, 2.75) is 13.0 Å². The van der Waals surface area contributed by atoms with Crippen LogP contribution in [0.4, 0.5) is 5.69 Å². The molecule has 1 aliphatic heterocycles. The van der Waals surface area contributed by atoms with Gasteiger partial charge in [0.15, 0.2) is 0 Å². The van der Waals surface area contributed by atoms with E-state index in [0.29, 0.717) is 6.54 Å². The topological polar surface area (TPSA) is 51.4 Å². The van der Waals surface area contributed by atoms with E-state index in [4.69, 9.17) is 10.5 Å². The van der Waals surface area contributed by atoms with E-state index < -0.39 is 0 Å². The van der Waals surface area contributed by atoms with Gasteiger partial charge in [0.2, 0.25) is 0 Å². The molecule has 1 aliphatic rings. The van der Waals surface area contributed by atoms with Crippen LogP contribution in [0.1, 0.15) is 5.69 Å². The lowest BCUT2D eigenvalue weighted by molar-refractivity contribution is 0.0465. The van der Waals surface area contributed by atoms with Gasteiger partial charge in [0.1, 0.15) is 0 Å². The van der Waals surface area contributed by atoms with E-state index in [1.807, 2.05) is 19.2 Å². The summed E-state index contributed by atoms with van der Waals surface area (Å²) in [6.45, 7) is 5.15. The molecule has 2 rings (SSSR count). The third-order valence-electron chi connectivity index (χ3n) is 2.65. The molecule has 0 bridgehead atoms. The number of hydrogen-bond acceptors (Lipinski definition) is 4. The van der Waals surface area contributed by atoms with Crippen LogP contribution >= 0.6 is 0 Å². The molecule has 0 amide bonds. The number of anilines is 1. The number of nitrogens with zero attached hydrogens (tertiary/aromatic N) is 2. The molecule has 1 unspecified atom stereocenters. The highest BCUT2D eigenvalue weighted by atomic mass is 16.5. The van der Waals surface area contributed by atoms with Gasteiger partial charge in [-0.05, 0) is 19.1 Å². The maximum atomic E-state index is 5.61. The highest BCUT2D eigenvalue weighted by Gasteiger charge is 2.19. The van der Waals surface area contributed by atoms with Gasteiger partial charge in [-0.15, -0.1) is 0 Å². The number of morpholine rings is 1. The van der Waals surface area contributed by atoms with Crippen molar-refractivity contribution in [2.75, 3.05) is 31.1 Å². The number of aryl methyl sites for hydroxylation is 1. The molecular formula is C11H17N3O. The average Bonchev–Trinajstić information content (AvgIpc) is 2.29. The molecule has 2 heterocycles. The van der Waals surface area contributed by atoms with Gasteiger partial charge in [-0.3, -0.25) is 4.98 Å². The van der Waals surface area contributed by atoms with E-state index in [2.05, 4.69) is 16.0 Å². The van der Waals surface area contributed by atoms with Crippen molar-refractivity contribution < 1.29 is 4.74 Å². The summed E-state index contributed by atoms with van der Waals surface area (Å²) in [6.07, 6.45) is 2.00. The number of aromatic nitrogens is 1. The van der Waals surface area contributed by atoms with E-state index in [0.717, 1.165) is 25.4 Å². The Morgan fingerprint density at radius 2 is 2.53 bits per heavy atom. The molecule has 4 nitrogen and oxygen atoms in total. The van der Waals surface area contributed by atoms with Crippen molar-refractivity contribution in [3.63, 3.8) is 0 Å². The minimum atomic E-state index is 0.159. The zero-order valence-corrected chi connectivity index (χ0v) is 9.02. The Kier molecular flexibility index (Phi) is 3.18. The molecule has 0 saturated carbocycles. The van der Waals surface area contributed by atoms with Gasteiger partial charge in [-0.2, -0.15) is 0 Å². The Morgan fingerprint density at radius 1 is 1.67 bits per heavy atom. The Bertz CT molecular complexity index is 329. The van der Waals surface area contributed by atoms with Crippen LogP contribution in [-0.2, 0) is 4.74 Å². The van der Waals surface area contributed by atoms with Gasteiger partial charge in [0.05, 0.1) is 12.7 Å². The summed E-state index contributed by atoms with van der Waals surface area (Å²) in [5.74, 6) is 0. The maximum Gasteiger partial charge on any atom is 0.0872 e. The molecule has 1 aromatic rings. The average molecular weight is 207 g/mol. The Hall–Kier alpha value is -1.13. The summed E-state index contributed by atoms with van der Waals surface area (Å²) in [4.78, 5) is 6.49. The summed E-state index contributed by atoms with van der Waals surface area (Å²) in [5.41, 5.74) is 7.87. The quantitative estimate of drug-likeness (QED) is 0.769. The van der Waals surface area contributed by atoms with Crippen molar-refractivity contribution >= 4 is 5.69 Å². The zero-order valence-electron chi connectivity index (χ0n) is 9.02. The lowest BCUT2D eigenvalue weighted by Gasteiger charge is -2.34. The van der Waals surface area contributed by atoms with Gasteiger partial charge in [0, 0.05) is 37.2 Å². The Morgan fingerprint density at radius 3 is 3.27 bits per heavy atom. The summed E-state index contributed by atoms with van der Waals surface area (Å²) in [7, 11) is 0. The molecule has 2 N–H and O–H groups in total. The third-order valence-corrected chi connectivity index (χ3v) is 2.65. The monoisotopic (exact) mass is 207 g/mol. The molecular weight excluding hydrogens is 190 g/mol. The van der Waals surface area contributed by atoms with Crippen LogP contribution in [0.2, 0.25) is 0 Å². The molecule has 15 heavy (non-hydrogen) atoms. The standard InChI is InChI=1S/C11H17N3O/c1-9-6-10(2-3-13-9)14-4-5-15-11(7-12)8-14/h2-3,6,11H,4-5,7-8,12H2,1H3. The lowest BCUT2D eigenvalue weighted by Crippen LogP contribution is -2.45. The molecule has 82 valence electrons. The second-order valence-electron chi connectivity index (χ2n) is 3.83. The van der Waals surface area contributed by atoms with E-state index >= 15 is 0 Å². The lowest BCUT2D eigenvalue weighted by atomic mass is 10.2. The molecule has 0 spiro atoms. The van der Waals surface area contributed by atoms with Crippen LogP contribution in [0.3, 0.4) is 0 Å². The normalized spacial score (nSPS) is 21.7. The van der Waals surface area contributed by atoms with Crippen molar-refractivity contribution in [3.8, 4) is 0 Å². The van der Waals surface area contributed by atoms with Gasteiger partial charge in [-0.25, -0.2) is 0 Å². The predicted molar refractivity (Wildman–Crippen MR) is 60.0 cm³/mol. The molecule has 0 aromatic carbocycles. The largest absolute Gasteiger partial charge is 0.373 e. The van der Waals surface area contributed by atoms with Gasteiger partial charge in [-0.1, -0.05) is 0 Å². The second-order valence-corrected chi connectivity index (χ2v) is 3.83. The first kappa shape index (κ1) is 10.4. The first-order valence-electron chi connectivity index (χ1n) is 5.29. The van der Waals surface area contributed by atoms with Crippen molar-refractivity contribution in [3.05, 3.63) is 24.0 Å². The smallest absolute Gasteiger partial charge is 0.0872 e. The van der Waals surface area contributed by atoms with Crippen LogP contribution in [0.5, 0.6) is 0 Å². The van der Waals surface area contributed by atoms with Crippen LogP contribution in [0.25, 0.3) is 0 Å². The SMILES string of the molecule is Cc1cc(N2CCOC(CN)C2)ccn1. The van der Waals surface area contributed by atoms with Gasteiger partial charge >= 0.3 is 0 Å². The van der Waals surface area contributed by atoms with Gasteiger partial charge < -0.3 is 15.4 Å². The van der Waals surface area contributed by atoms with E-state index in [1.165, 1.54) is 5.69 Å². The van der Waals surface area contributed by atoms with Crippen LogP contribution in [0.15, 0.2) is 18.3 Å². The molecule has 1 aromatic heterocycles. The maximum absolute atomic E-state index is 5.61. The van der Waals surface area contributed by atoms with Crippen LogP contribution in [-0.4, -0.2) is 37.3 Å². The summed E-state index contributed by atoms with van der Waals surface area (Å²) in [5, 5.41) is 0. The van der Waals surface area contributed by atoms with Gasteiger partial charge in [0.25, 0.3) is 0 Å². The molecule has 0 aliphatic carbocycles. The molecule has 1 fully saturated rings. The second kappa shape index (κ2) is 4.59. The molecule has 4 heteroatoms. The fourth-order valence-corrected chi connectivity index (χ4v) is 1.82. The summed E-state index contributed by atoms with van der Waals surface area (Å²) in [6, 6.07) is 4.13. The number of hydrogen-bond donors (Lipinski definition) is 1. The zero-order chi connectivity index (χ0) is 10.7.